The lowest BCUT2D eigenvalue weighted by Crippen LogP contribution is -2.26. The van der Waals surface area contributed by atoms with E-state index in [9.17, 15) is 5.11 Å². The molecule has 3 nitrogen and oxygen atoms in total. The molecule has 3 rings (SSSR count). The molecule has 2 aromatic heterocycles. The van der Waals surface area contributed by atoms with Crippen LogP contribution in [0.25, 0.3) is 0 Å². The molecule has 0 aromatic carbocycles. The van der Waals surface area contributed by atoms with Crippen molar-refractivity contribution in [2.45, 2.75) is 57.0 Å². The average Bonchev–Trinajstić information content (AvgIpc) is 2.74. The van der Waals surface area contributed by atoms with E-state index in [1.165, 1.54) is 24.0 Å². The van der Waals surface area contributed by atoms with Crippen molar-refractivity contribution in [3.05, 3.63) is 60.2 Å². The number of hydrogen-bond acceptors (Lipinski definition) is 3. The maximum Gasteiger partial charge on any atom is 0.0622 e. The van der Waals surface area contributed by atoms with E-state index < -0.39 is 5.60 Å². The highest BCUT2D eigenvalue weighted by molar-refractivity contribution is 5.28. The zero-order valence-electron chi connectivity index (χ0n) is 13.9. The highest BCUT2D eigenvalue weighted by atomic mass is 16.3. The fourth-order valence-electron chi connectivity index (χ4n) is 3.93. The van der Waals surface area contributed by atoms with Crippen LogP contribution in [0.5, 0.6) is 0 Å². The Morgan fingerprint density at radius 3 is 2.35 bits per heavy atom. The lowest BCUT2D eigenvalue weighted by molar-refractivity contribution is 0.0303. The van der Waals surface area contributed by atoms with Crippen LogP contribution in [0.2, 0.25) is 0 Å². The molecule has 0 saturated heterocycles. The van der Waals surface area contributed by atoms with Crippen LogP contribution in [0.15, 0.2) is 49.1 Å². The lowest BCUT2D eigenvalue weighted by atomic mass is 9.80. The van der Waals surface area contributed by atoms with E-state index >= 15 is 0 Å². The van der Waals surface area contributed by atoms with Gasteiger partial charge in [0.1, 0.15) is 0 Å². The van der Waals surface area contributed by atoms with Gasteiger partial charge < -0.3 is 5.11 Å². The second-order valence-corrected chi connectivity index (χ2v) is 7.17. The standard InChI is InChI=1S/C20H26N2O/c1-20(23)9-3-2-6-16(13-20)12-19(17-7-4-10-21-14-17)18-8-5-11-22-15-18/h4-5,7-8,10-11,14-16,19,23H,2-3,6,9,12-13H2,1H3. The molecule has 0 aliphatic heterocycles. The maximum atomic E-state index is 10.6. The van der Waals surface area contributed by atoms with E-state index in [4.69, 9.17) is 0 Å². The smallest absolute Gasteiger partial charge is 0.0622 e. The number of rotatable bonds is 4. The highest BCUT2D eigenvalue weighted by Crippen LogP contribution is 2.38. The first kappa shape index (κ1) is 16.1. The Morgan fingerprint density at radius 1 is 1.13 bits per heavy atom. The molecule has 2 heterocycles. The topological polar surface area (TPSA) is 46.0 Å². The summed E-state index contributed by atoms with van der Waals surface area (Å²) in [6, 6.07) is 8.31. The Kier molecular flexibility index (Phi) is 5.06. The summed E-state index contributed by atoms with van der Waals surface area (Å²) in [6.07, 6.45) is 14.0. The van der Waals surface area contributed by atoms with Crippen molar-refractivity contribution in [3.63, 3.8) is 0 Å². The molecule has 3 heteroatoms. The van der Waals surface area contributed by atoms with Gasteiger partial charge in [0, 0.05) is 30.7 Å². The Bertz CT molecular complexity index is 558. The Labute approximate surface area is 138 Å². The van der Waals surface area contributed by atoms with E-state index in [0.717, 1.165) is 25.7 Å². The molecule has 1 saturated carbocycles. The fraction of sp³-hybridized carbons (Fsp3) is 0.500. The molecule has 1 aliphatic rings. The number of pyridine rings is 2. The molecule has 0 radical (unpaired) electrons. The van der Waals surface area contributed by atoms with Crippen LogP contribution in [-0.4, -0.2) is 20.7 Å². The van der Waals surface area contributed by atoms with Crippen molar-refractivity contribution in [2.24, 2.45) is 5.92 Å². The second-order valence-electron chi connectivity index (χ2n) is 7.17. The summed E-state index contributed by atoms with van der Waals surface area (Å²) in [7, 11) is 0. The van der Waals surface area contributed by atoms with Gasteiger partial charge in [-0.05, 0) is 55.4 Å². The summed E-state index contributed by atoms with van der Waals surface area (Å²) in [5, 5.41) is 10.6. The SMILES string of the molecule is CC1(O)CCCCC(CC(c2cccnc2)c2cccnc2)C1. The van der Waals surface area contributed by atoms with Crippen LogP contribution < -0.4 is 0 Å². The molecule has 0 spiro atoms. The van der Waals surface area contributed by atoms with Crippen molar-refractivity contribution >= 4 is 0 Å². The van der Waals surface area contributed by atoms with Crippen LogP contribution in [0.4, 0.5) is 0 Å². The minimum absolute atomic E-state index is 0.302. The molecule has 23 heavy (non-hydrogen) atoms. The van der Waals surface area contributed by atoms with E-state index in [1.54, 1.807) is 0 Å². The molecular formula is C20H26N2O. The predicted octanol–water partition coefficient (Wildman–Crippen LogP) is 4.33. The number of aromatic nitrogens is 2. The predicted molar refractivity (Wildman–Crippen MR) is 92.1 cm³/mol. The van der Waals surface area contributed by atoms with Gasteiger partial charge in [-0.3, -0.25) is 9.97 Å². The summed E-state index contributed by atoms with van der Waals surface area (Å²) in [5.74, 6) is 0.842. The van der Waals surface area contributed by atoms with Gasteiger partial charge in [-0.2, -0.15) is 0 Å². The minimum atomic E-state index is -0.518. The lowest BCUT2D eigenvalue weighted by Gasteiger charge is -2.28. The van der Waals surface area contributed by atoms with Crippen molar-refractivity contribution in [1.82, 2.24) is 9.97 Å². The van der Waals surface area contributed by atoms with Gasteiger partial charge in [0.25, 0.3) is 0 Å². The van der Waals surface area contributed by atoms with Gasteiger partial charge in [-0.25, -0.2) is 0 Å². The first-order valence-electron chi connectivity index (χ1n) is 8.66. The summed E-state index contributed by atoms with van der Waals surface area (Å²) >= 11 is 0. The van der Waals surface area contributed by atoms with Gasteiger partial charge in [-0.15, -0.1) is 0 Å². The Hall–Kier alpha value is -1.74. The molecule has 2 unspecified atom stereocenters. The first-order chi connectivity index (χ1) is 11.1. The zero-order valence-corrected chi connectivity index (χ0v) is 13.9. The minimum Gasteiger partial charge on any atom is -0.390 e. The van der Waals surface area contributed by atoms with Crippen LogP contribution in [0, 0.1) is 5.92 Å². The number of nitrogens with zero attached hydrogens (tertiary/aromatic N) is 2. The summed E-state index contributed by atoms with van der Waals surface area (Å²) in [5.41, 5.74) is 1.96. The van der Waals surface area contributed by atoms with Crippen molar-refractivity contribution in [1.29, 1.82) is 0 Å². The normalized spacial score (nSPS) is 25.3. The molecule has 1 N–H and O–H groups in total. The van der Waals surface area contributed by atoms with Crippen LogP contribution in [-0.2, 0) is 0 Å². The van der Waals surface area contributed by atoms with Crippen LogP contribution in [0.1, 0.15) is 62.5 Å². The third kappa shape index (κ3) is 4.38. The van der Waals surface area contributed by atoms with Gasteiger partial charge >= 0.3 is 0 Å². The molecule has 2 atom stereocenters. The van der Waals surface area contributed by atoms with Crippen molar-refractivity contribution < 1.29 is 5.11 Å². The van der Waals surface area contributed by atoms with Gasteiger partial charge in [0.05, 0.1) is 5.60 Å². The average molecular weight is 310 g/mol. The Balaban J connectivity index is 1.84. The fourth-order valence-corrected chi connectivity index (χ4v) is 3.93. The number of hydrogen-bond donors (Lipinski definition) is 1. The van der Waals surface area contributed by atoms with Crippen LogP contribution >= 0.6 is 0 Å². The Morgan fingerprint density at radius 2 is 1.78 bits per heavy atom. The van der Waals surface area contributed by atoms with Crippen molar-refractivity contribution in [3.8, 4) is 0 Å². The first-order valence-corrected chi connectivity index (χ1v) is 8.66. The van der Waals surface area contributed by atoms with E-state index in [1.807, 2.05) is 43.8 Å². The second kappa shape index (κ2) is 7.22. The molecular weight excluding hydrogens is 284 g/mol. The molecule has 1 aliphatic carbocycles. The zero-order chi connectivity index (χ0) is 16.1. The number of aliphatic hydroxyl groups is 1. The van der Waals surface area contributed by atoms with Crippen molar-refractivity contribution in [2.75, 3.05) is 0 Å². The molecule has 122 valence electrons. The largest absolute Gasteiger partial charge is 0.390 e. The van der Waals surface area contributed by atoms with E-state index in [-0.39, 0.29) is 0 Å². The third-order valence-electron chi connectivity index (χ3n) is 5.05. The molecule has 0 amide bonds. The van der Waals surface area contributed by atoms with Crippen LogP contribution in [0.3, 0.4) is 0 Å². The quantitative estimate of drug-likeness (QED) is 0.855. The highest BCUT2D eigenvalue weighted by Gasteiger charge is 2.30. The van der Waals surface area contributed by atoms with Gasteiger partial charge in [0.2, 0.25) is 0 Å². The maximum absolute atomic E-state index is 10.6. The van der Waals surface area contributed by atoms with E-state index in [2.05, 4.69) is 22.1 Å². The third-order valence-corrected chi connectivity index (χ3v) is 5.05. The monoisotopic (exact) mass is 310 g/mol. The van der Waals surface area contributed by atoms with Gasteiger partial charge in [0.15, 0.2) is 0 Å². The summed E-state index contributed by atoms with van der Waals surface area (Å²) < 4.78 is 0. The molecule has 0 bridgehead atoms. The molecule has 2 aromatic rings. The van der Waals surface area contributed by atoms with Gasteiger partial charge in [-0.1, -0.05) is 31.4 Å². The summed E-state index contributed by atoms with van der Waals surface area (Å²) in [4.78, 5) is 8.60. The summed E-state index contributed by atoms with van der Waals surface area (Å²) in [6.45, 7) is 1.99. The van der Waals surface area contributed by atoms with E-state index in [0.29, 0.717) is 11.8 Å². The molecule has 1 fully saturated rings.